The van der Waals surface area contributed by atoms with Gasteiger partial charge >= 0.3 is 5.97 Å². The summed E-state index contributed by atoms with van der Waals surface area (Å²) in [5.41, 5.74) is 0.145. The van der Waals surface area contributed by atoms with E-state index in [2.05, 4.69) is 14.6 Å². The lowest BCUT2D eigenvalue weighted by molar-refractivity contribution is 0.0591. The van der Waals surface area contributed by atoms with Crippen molar-refractivity contribution in [1.82, 2.24) is 4.98 Å². The fourth-order valence-corrected chi connectivity index (χ4v) is 2.83. The Morgan fingerprint density at radius 3 is 2.53 bits per heavy atom. The van der Waals surface area contributed by atoms with E-state index in [1.165, 1.54) is 25.4 Å². The van der Waals surface area contributed by atoms with Crippen LogP contribution in [0, 0.1) is 0 Å². The number of carbonyl (C=O) groups excluding carboxylic acids is 2. The lowest BCUT2D eigenvalue weighted by atomic mass is 10.3. The minimum atomic E-state index is -0.545. The van der Waals surface area contributed by atoms with Crippen LogP contribution in [0.3, 0.4) is 0 Å². The van der Waals surface area contributed by atoms with Gasteiger partial charge in [0.15, 0.2) is 16.6 Å². The lowest BCUT2D eigenvalue weighted by Gasteiger charge is -2.11. The zero-order valence-corrected chi connectivity index (χ0v) is 10.7. The topological polar surface area (TPSA) is 59.5 Å². The van der Waals surface area contributed by atoms with Crippen LogP contribution in [-0.4, -0.2) is 36.9 Å². The number of ketones is 1. The molecule has 2 rings (SSSR count). The van der Waals surface area contributed by atoms with Gasteiger partial charge in [-0.15, -0.1) is 0 Å². The van der Waals surface area contributed by atoms with E-state index in [1.54, 1.807) is 0 Å². The molecule has 0 atom stereocenters. The quantitative estimate of drug-likeness (QED) is 0.607. The molecule has 2 heterocycles. The molecule has 0 aliphatic carbocycles. The molecule has 92 valence electrons. The molecular formula is C11H14N2O3S. The number of anilines is 1. The van der Waals surface area contributed by atoms with Crippen molar-refractivity contribution in [2.45, 2.75) is 19.8 Å². The van der Waals surface area contributed by atoms with E-state index in [1.807, 2.05) is 0 Å². The normalized spacial score (nSPS) is 15.1. The summed E-state index contributed by atoms with van der Waals surface area (Å²) < 4.78 is 4.64. The minimum Gasteiger partial charge on any atom is -0.464 e. The molecule has 5 nitrogen and oxygen atoms in total. The SMILES string of the molecule is COC(=O)c1nc(N2CCCC2)sc1C(C)=O. The maximum Gasteiger partial charge on any atom is 0.358 e. The summed E-state index contributed by atoms with van der Waals surface area (Å²) in [5, 5.41) is 0.744. The summed E-state index contributed by atoms with van der Waals surface area (Å²) in [7, 11) is 1.29. The summed E-state index contributed by atoms with van der Waals surface area (Å²) in [6.45, 7) is 3.31. The second-order valence-corrected chi connectivity index (χ2v) is 4.89. The van der Waals surface area contributed by atoms with Gasteiger partial charge in [-0.2, -0.15) is 0 Å². The van der Waals surface area contributed by atoms with Gasteiger partial charge in [0.05, 0.1) is 7.11 Å². The Balaban J connectivity index is 2.36. The predicted molar refractivity (Wildman–Crippen MR) is 64.9 cm³/mol. The lowest BCUT2D eigenvalue weighted by Crippen LogP contribution is -2.17. The van der Waals surface area contributed by atoms with Crippen LogP contribution in [0.4, 0.5) is 5.13 Å². The Labute approximate surface area is 103 Å². The maximum absolute atomic E-state index is 11.5. The second kappa shape index (κ2) is 4.83. The average molecular weight is 254 g/mol. The second-order valence-electron chi connectivity index (χ2n) is 3.92. The highest BCUT2D eigenvalue weighted by atomic mass is 32.1. The first-order valence-electron chi connectivity index (χ1n) is 5.48. The first kappa shape index (κ1) is 12.0. The first-order chi connectivity index (χ1) is 8.13. The summed E-state index contributed by atoms with van der Waals surface area (Å²) in [6, 6.07) is 0. The molecule has 0 unspecified atom stereocenters. The number of hydrogen-bond acceptors (Lipinski definition) is 6. The molecule has 0 spiro atoms. The van der Waals surface area contributed by atoms with E-state index >= 15 is 0 Å². The predicted octanol–water partition coefficient (Wildman–Crippen LogP) is 1.73. The van der Waals surface area contributed by atoms with Gasteiger partial charge in [-0.1, -0.05) is 11.3 Å². The van der Waals surface area contributed by atoms with E-state index in [9.17, 15) is 9.59 Å². The van der Waals surface area contributed by atoms with Gasteiger partial charge in [0.2, 0.25) is 0 Å². The number of methoxy groups -OCH3 is 1. The Bertz CT molecular complexity index is 450. The summed E-state index contributed by atoms with van der Waals surface area (Å²) in [6.07, 6.45) is 2.26. The van der Waals surface area contributed by atoms with E-state index in [0.717, 1.165) is 31.1 Å². The van der Waals surface area contributed by atoms with Gasteiger partial charge < -0.3 is 9.64 Å². The van der Waals surface area contributed by atoms with Crippen molar-refractivity contribution in [3.8, 4) is 0 Å². The molecule has 6 heteroatoms. The molecule has 0 saturated carbocycles. The summed E-state index contributed by atoms with van der Waals surface area (Å²) >= 11 is 1.27. The van der Waals surface area contributed by atoms with Crippen molar-refractivity contribution in [3.05, 3.63) is 10.6 Å². The van der Waals surface area contributed by atoms with Gasteiger partial charge in [0.1, 0.15) is 4.88 Å². The van der Waals surface area contributed by atoms with Crippen LogP contribution in [0.2, 0.25) is 0 Å². The Morgan fingerprint density at radius 1 is 1.35 bits per heavy atom. The molecule has 0 N–H and O–H groups in total. The molecule has 1 aromatic rings. The molecule has 1 fully saturated rings. The van der Waals surface area contributed by atoms with Crippen LogP contribution in [0.15, 0.2) is 0 Å². The number of rotatable bonds is 3. The first-order valence-corrected chi connectivity index (χ1v) is 6.30. The molecule has 1 aliphatic heterocycles. The average Bonchev–Trinajstić information content (AvgIpc) is 2.95. The number of carbonyl (C=O) groups is 2. The van der Waals surface area contributed by atoms with Gasteiger partial charge in [0, 0.05) is 20.0 Å². The number of nitrogens with zero attached hydrogens (tertiary/aromatic N) is 2. The maximum atomic E-state index is 11.5. The van der Waals surface area contributed by atoms with E-state index < -0.39 is 5.97 Å². The highest BCUT2D eigenvalue weighted by Crippen LogP contribution is 2.29. The highest BCUT2D eigenvalue weighted by Gasteiger charge is 2.25. The van der Waals surface area contributed by atoms with Gasteiger partial charge in [-0.05, 0) is 12.8 Å². The molecular weight excluding hydrogens is 240 g/mol. The Morgan fingerprint density at radius 2 is 2.00 bits per heavy atom. The molecule has 17 heavy (non-hydrogen) atoms. The van der Waals surface area contributed by atoms with E-state index in [-0.39, 0.29) is 11.5 Å². The van der Waals surface area contributed by atoms with Crippen LogP contribution in [0.1, 0.15) is 39.9 Å². The van der Waals surface area contributed by atoms with Gasteiger partial charge in [-0.3, -0.25) is 4.79 Å². The molecule has 0 amide bonds. The Kier molecular flexibility index (Phi) is 3.42. The number of ether oxygens (including phenoxy) is 1. The van der Waals surface area contributed by atoms with Crippen molar-refractivity contribution in [2.24, 2.45) is 0 Å². The standard InChI is InChI=1S/C11H14N2O3S/c1-7(14)9-8(10(15)16-2)12-11(17-9)13-5-3-4-6-13/h3-6H2,1-2H3. The number of aromatic nitrogens is 1. The van der Waals surface area contributed by atoms with Crippen molar-refractivity contribution in [2.75, 3.05) is 25.1 Å². The molecule has 1 aliphatic rings. The monoisotopic (exact) mass is 254 g/mol. The van der Waals surface area contributed by atoms with Crippen LogP contribution >= 0.6 is 11.3 Å². The third kappa shape index (κ3) is 2.31. The van der Waals surface area contributed by atoms with Crippen molar-refractivity contribution in [1.29, 1.82) is 0 Å². The van der Waals surface area contributed by atoms with E-state index in [4.69, 9.17) is 0 Å². The smallest absolute Gasteiger partial charge is 0.358 e. The van der Waals surface area contributed by atoms with Crippen LogP contribution in [0.5, 0.6) is 0 Å². The number of thiazole rings is 1. The number of hydrogen-bond donors (Lipinski definition) is 0. The summed E-state index contributed by atoms with van der Waals surface area (Å²) in [4.78, 5) is 29.7. The fourth-order valence-electron chi connectivity index (χ4n) is 1.83. The minimum absolute atomic E-state index is 0.145. The third-order valence-electron chi connectivity index (χ3n) is 2.69. The largest absolute Gasteiger partial charge is 0.464 e. The van der Waals surface area contributed by atoms with Crippen LogP contribution < -0.4 is 4.90 Å². The molecule has 0 radical (unpaired) electrons. The van der Waals surface area contributed by atoms with Gasteiger partial charge in [0.25, 0.3) is 0 Å². The molecule has 0 bridgehead atoms. The Hall–Kier alpha value is -1.43. The van der Waals surface area contributed by atoms with Crippen LogP contribution in [-0.2, 0) is 4.74 Å². The van der Waals surface area contributed by atoms with Crippen molar-refractivity contribution in [3.63, 3.8) is 0 Å². The number of Topliss-reactive ketones (excluding diaryl/α,β-unsaturated/α-hetero) is 1. The van der Waals surface area contributed by atoms with E-state index in [0.29, 0.717) is 4.88 Å². The summed E-state index contributed by atoms with van der Waals surface area (Å²) in [5.74, 6) is -0.690. The fraction of sp³-hybridized carbons (Fsp3) is 0.545. The van der Waals surface area contributed by atoms with Crippen molar-refractivity contribution < 1.29 is 14.3 Å². The zero-order valence-electron chi connectivity index (χ0n) is 9.86. The van der Waals surface area contributed by atoms with Crippen molar-refractivity contribution >= 4 is 28.2 Å². The molecule has 1 saturated heterocycles. The highest BCUT2D eigenvalue weighted by molar-refractivity contribution is 7.17. The number of esters is 1. The zero-order chi connectivity index (χ0) is 12.4. The molecule has 1 aromatic heterocycles. The molecule has 0 aromatic carbocycles. The van der Waals surface area contributed by atoms with Gasteiger partial charge in [-0.25, -0.2) is 9.78 Å². The van der Waals surface area contributed by atoms with Crippen LogP contribution in [0.25, 0.3) is 0 Å². The third-order valence-corrected chi connectivity index (χ3v) is 3.91.